The summed E-state index contributed by atoms with van der Waals surface area (Å²) >= 11 is 5.70. The molecule has 0 aromatic heterocycles. The van der Waals surface area contributed by atoms with Gasteiger partial charge in [-0.2, -0.15) is 0 Å². The molecular formula is C17H19ClFN3O. The maximum atomic E-state index is 13.7. The smallest absolute Gasteiger partial charge is 0.319 e. The highest BCUT2D eigenvalue weighted by Crippen LogP contribution is 2.19. The van der Waals surface area contributed by atoms with Crippen molar-refractivity contribution in [2.24, 2.45) is 0 Å². The molecule has 2 amide bonds. The van der Waals surface area contributed by atoms with Gasteiger partial charge in [0.1, 0.15) is 5.82 Å². The number of carbonyl (C=O) groups excluding carboxylic acids is 1. The summed E-state index contributed by atoms with van der Waals surface area (Å²) in [6.07, 6.45) is 0. The van der Waals surface area contributed by atoms with Crippen molar-refractivity contribution >= 4 is 23.3 Å². The highest BCUT2D eigenvalue weighted by Gasteiger charge is 2.16. The van der Waals surface area contributed by atoms with Crippen LogP contribution in [0.3, 0.4) is 0 Å². The van der Waals surface area contributed by atoms with Gasteiger partial charge in [-0.1, -0.05) is 41.9 Å². The van der Waals surface area contributed by atoms with E-state index in [4.69, 9.17) is 11.6 Å². The fourth-order valence-electron chi connectivity index (χ4n) is 2.19. The highest BCUT2D eigenvalue weighted by molar-refractivity contribution is 6.30. The summed E-state index contributed by atoms with van der Waals surface area (Å²) in [6, 6.07) is 13.1. The number of benzene rings is 2. The molecular weight excluding hydrogens is 317 g/mol. The number of halogens is 2. The van der Waals surface area contributed by atoms with Gasteiger partial charge in [-0.25, -0.2) is 9.18 Å². The predicted molar refractivity (Wildman–Crippen MR) is 91.3 cm³/mol. The first-order valence-corrected chi connectivity index (χ1v) is 7.56. The first-order chi connectivity index (χ1) is 11.0. The minimum atomic E-state index is -0.573. The van der Waals surface area contributed by atoms with Crippen molar-refractivity contribution in [2.75, 3.05) is 26.0 Å². The minimum Gasteiger partial charge on any atom is -0.330 e. The summed E-state index contributed by atoms with van der Waals surface area (Å²) in [7, 11) is 3.85. The maximum absolute atomic E-state index is 13.7. The molecule has 0 heterocycles. The van der Waals surface area contributed by atoms with Crippen LogP contribution in [0, 0.1) is 5.82 Å². The summed E-state index contributed by atoms with van der Waals surface area (Å²) in [6.45, 7) is 0.626. The molecule has 6 heteroatoms. The largest absolute Gasteiger partial charge is 0.330 e. The summed E-state index contributed by atoms with van der Waals surface area (Å²) in [4.78, 5) is 14.1. The van der Waals surface area contributed by atoms with E-state index in [9.17, 15) is 9.18 Å². The Morgan fingerprint density at radius 1 is 1.22 bits per heavy atom. The Kier molecular flexibility index (Phi) is 5.96. The molecule has 0 spiro atoms. The Morgan fingerprint density at radius 2 is 1.91 bits per heavy atom. The molecule has 1 unspecified atom stereocenters. The zero-order chi connectivity index (χ0) is 16.8. The lowest BCUT2D eigenvalue weighted by Gasteiger charge is -2.23. The van der Waals surface area contributed by atoms with Crippen LogP contribution in [0.5, 0.6) is 0 Å². The molecule has 0 saturated carbocycles. The molecule has 23 heavy (non-hydrogen) atoms. The van der Waals surface area contributed by atoms with E-state index in [0.717, 1.165) is 11.6 Å². The molecule has 0 aliphatic rings. The fraction of sp³-hybridized carbons (Fsp3) is 0.235. The van der Waals surface area contributed by atoms with Gasteiger partial charge in [0, 0.05) is 11.6 Å². The van der Waals surface area contributed by atoms with Crippen LogP contribution in [0.2, 0.25) is 5.02 Å². The van der Waals surface area contributed by atoms with E-state index in [1.54, 1.807) is 0 Å². The number of carbonyl (C=O) groups is 1. The zero-order valence-corrected chi connectivity index (χ0v) is 13.8. The van der Waals surface area contributed by atoms with Crippen LogP contribution in [0.4, 0.5) is 14.9 Å². The number of hydrogen-bond donors (Lipinski definition) is 2. The van der Waals surface area contributed by atoms with Crippen LogP contribution in [-0.2, 0) is 0 Å². The van der Waals surface area contributed by atoms with E-state index in [1.807, 2.05) is 49.3 Å². The number of anilines is 1. The standard InChI is InChI=1S/C17H19ClFN3O/c1-22(2)11-16(12-6-4-3-5-7-12)21-17(23)20-15-9-8-13(18)10-14(15)19/h3-10,16H,11H2,1-2H3,(H2,20,21,23). The number of urea groups is 1. The molecule has 0 fully saturated rings. The average Bonchev–Trinajstić information content (AvgIpc) is 2.50. The van der Waals surface area contributed by atoms with Crippen molar-refractivity contribution in [3.8, 4) is 0 Å². The number of nitrogens with one attached hydrogen (secondary N) is 2. The Bertz CT molecular complexity index is 664. The van der Waals surface area contributed by atoms with Crippen molar-refractivity contribution in [3.05, 3.63) is 64.9 Å². The Balaban J connectivity index is 2.08. The van der Waals surface area contributed by atoms with E-state index in [-0.39, 0.29) is 16.8 Å². The quantitative estimate of drug-likeness (QED) is 0.870. The second kappa shape index (κ2) is 7.94. The molecule has 0 saturated heterocycles. The van der Waals surface area contributed by atoms with E-state index in [2.05, 4.69) is 10.6 Å². The molecule has 122 valence electrons. The van der Waals surface area contributed by atoms with Crippen molar-refractivity contribution in [3.63, 3.8) is 0 Å². The zero-order valence-electron chi connectivity index (χ0n) is 13.0. The van der Waals surface area contributed by atoms with Crippen molar-refractivity contribution < 1.29 is 9.18 Å². The minimum absolute atomic E-state index is 0.0866. The van der Waals surface area contributed by atoms with Crippen LogP contribution >= 0.6 is 11.6 Å². The lowest BCUT2D eigenvalue weighted by atomic mass is 10.1. The van der Waals surface area contributed by atoms with E-state index < -0.39 is 11.8 Å². The van der Waals surface area contributed by atoms with Gasteiger partial charge < -0.3 is 15.5 Å². The van der Waals surface area contributed by atoms with Gasteiger partial charge in [-0.3, -0.25) is 0 Å². The van der Waals surface area contributed by atoms with Crippen molar-refractivity contribution in [2.45, 2.75) is 6.04 Å². The van der Waals surface area contributed by atoms with Gasteiger partial charge in [0.15, 0.2) is 0 Å². The second-order valence-electron chi connectivity index (χ2n) is 5.45. The van der Waals surface area contributed by atoms with Crippen LogP contribution in [0.1, 0.15) is 11.6 Å². The van der Waals surface area contributed by atoms with Gasteiger partial charge >= 0.3 is 6.03 Å². The normalized spacial score (nSPS) is 12.0. The van der Waals surface area contributed by atoms with E-state index in [1.165, 1.54) is 12.1 Å². The molecule has 0 bridgehead atoms. The van der Waals surface area contributed by atoms with Gasteiger partial charge in [0.05, 0.1) is 11.7 Å². The average molecular weight is 336 g/mol. The molecule has 0 radical (unpaired) electrons. The Hall–Kier alpha value is -2.11. The molecule has 0 aliphatic heterocycles. The maximum Gasteiger partial charge on any atom is 0.319 e. The Labute approximate surface area is 140 Å². The van der Waals surface area contributed by atoms with Crippen LogP contribution in [0.15, 0.2) is 48.5 Å². The molecule has 1 atom stereocenters. The van der Waals surface area contributed by atoms with Crippen LogP contribution < -0.4 is 10.6 Å². The van der Waals surface area contributed by atoms with Crippen LogP contribution in [0.25, 0.3) is 0 Å². The molecule has 2 rings (SSSR count). The van der Waals surface area contributed by atoms with E-state index in [0.29, 0.717) is 6.54 Å². The first kappa shape index (κ1) is 17.2. The number of hydrogen-bond acceptors (Lipinski definition) is 2. The SMILES string of the molecule is CN(C)CC(NC(=O)Nc1ccc(Cl)cc1F)c1ccccc1. The summed E-state index contributed by atoms with van der Waals surface area (Å²) in [5.41, 5.74) is 1.07. The van der Waals surface area contributed by atoms with Gasteiger partial charge in [0.2, 0.25) is 0 Å². The van der Waals surface area contributed by atoms with Gasteiger partial charge in [0.25, 0.3) is 0 Å². The number of nitrogens with zero attached hydrogens (tertiary/aromatic N) is 1. The summed E-state index contributed by atoms with van der Waals surface area (Å²) < 4.78 is 13.7. The van der Waals surface area contributed by atoms with Gasteiger partial charge in [-0.05, 0) is 37.9 Å². The molecule has 2 aromatic carbocycles. The van der Waals surface area contributed by atoms with Crippen molar-refractivity contribution in [1.29, 1.82) is 0 Å². The number of rotatable bonds is 5. The third-order valence-corrected chi connectivity index (χ3v) is 3.47. The predicted octanol–water partition coefficient (Wildman–Crippen LogP) is 3.90. The third kappa shape index (κ3) is 5.23. The van der Waals surface area contributed by atoms with Crippen molar-refractivity contribution in [1.82, 2.24) is 10.2 Å². The Morgan fingerprint density at radius 3 is 2.52 bits per heavy atom. The van der Waals surface area contributed by atoms with Crippen LogP contribution in [-0.4, -0.2) is 31.6 Å². The first-order valence-electron chi connectivity index (χ1n) is 7.18. The molecule has 0 aliphatic carbocycles. The number of likely N-dealkylation sites (N-methyl/N-ethyl adjacent to an activating group) is 1. The van der Waals surface area contributed by atoms with E-state index >= 15 is 0 Å². The lowest BCUT2D eigenvalue weighted by molar-refractivity contribution is 0.244. The molecule has 4 nitrogen and oxygen atoms in total. The lowest BCUT2D eigenvalue weighted by Crippen LogP contribution is -2.37. The fourth-order valence-corrected chi connectivity index (χ4v) is 2.35. The molecule has 2 aromatic rings. The summed E-state index contributed by atoms with van der Waals surface area (Å²) in [5.74, 6) is -0.573. The summed E-state index contributed by atoms with van der Waals surface area (Å²) in [5, 5.41) is 5.65. The molecule has 2 N–H and O–H groups in total. The topological polar surface area (TPSA) is 44.4 Å². The third-order valence-electron chi connectivity index (χ3n) is 3.23. The monoisotopic (exact) mass is 335 g/mol. The number of amides is 2. The highest BCUT2D eigenvalue weighted by atomic mass is 35.5. The van der Waals surface area contributed by atoms with Gasteiger partial charge in [-0.15, -0.1) is 0 Å². The second-order valence-corrected chi connectivity index (χ2v) is 5.88.